The van der Waals surface area contributed by atoms with Gasteiger partial charge in [0.25, 0.3) is 0 Å². The van der Waals surface area contributed by atoms with Crippen LogP contribution in [0.25, 0.3) is 0 Å². The van der Waals surface area contributed by atoms with Gasteiger partial charge >= 0.3 is 5.97 Å². The van der Waals surface area contributed by atoms with Crippen LogP contribution in [0.15, 0.2) is 30.6 Å². The van der Waals surface area contributed by atoms with E-state index in [4.69, 9.17) is 5.11 Å². The molecular formula is C14H17N3O2. The Morgan fingerprint density at radius 2 is 2.26 bits per heavy atom. The molecule has 0 fully saturated rings. The van der Waals surface area contributed by atoms with E-state index in [2.05, 4.69) is 10.1 Å². The molecule has 5 nitrogen and oxygen atoms in total. The Labute approximate surface area is 111 Å². The molecule has 5 heteroatoms. The quantitative estimate of drug-likeness (QED) is 0.894. The molecule has 0 aliphatic heterocycles. The number of aromatic nitrogens is 3. The Morgan fingerprint density at radius 1 is 1.47 bits per heavy atom. The van der Waals surface area contributed by atoms with Gasteiger partial charge in [-0.1, -0.05) is 19.9 Å². The number of aryl methyl sites for hydroxylation is 2. The van der Waals surface area contributed by atoms with Crippen LogP contribution in [0, 0.1) is 0 Å². The molecule has 0 saturated heterocycles. The zero-order chi connectivity index (χ0) is 13.8. The fourth-order valence-corrected chi connectivity index (χ4v) is 1.96. The van der Waals surface area contributed by atoms with Crippen molar-refractivity contribution < 1.29 is 9.90 Å². The van der Waals surface area contributed by atoms with E-state index in [1.165, 1.54) is 0 Å². The second kappa shape index (κ2) is 5.65. The molecule has 0 aliphatic rings. The first-order valence-electron chi connectivity index (χ1n) is 6.28. The van der Waals surface area contributed by atoms with Gasteiger partial charge in [-0.2, -0.15) is 5.10 Å². The molecule has 2 aromatic rings. The molecule has 0 atom stereocenters. The number of carboxylic acids is 1. The largest absolute Gasteiger partial charge is 0.476 e. The lowest BCUT2D eigenvalue weighted by Gasteiger charge is -2.09. The summed E-state index contributed by atoms with van der Waals surface area (Å²) in [6, 6.07) is 5.55. The second-order valence-corrected chi connectivity index (χ2v) is 4.75. The highest BCUT2D eigenvalue weighted by Gasteiger charge is 2.15. The standard InChI is InChI=1S/C14H17N3O2/c1-10(2)13-8-12(14(18)19)16-17(13)7-5-11-4-3-6-15-9-11/h3-4,6,8-10H,5,7H2,1-2H3,(H,18,19). The zero-order valence-electron chi connectivity index (χ0n) is 11.1. The number of pyridine rings is 1. The SMILES string of the molecule is CC(C)c1cc(C(=O)O)nn1CCc1cccnc1. The van der Waals surface area contributed by atoms with Crippen LogP contribution >= 0.6 is 0 Å². The fourth-order valence-electron chi connectivity index (χ4n) is 1.96. The summed E-state index contributed by atoms with van der Waals surface area (Å²) in [5.41, 5.74) is 2.17. The van der Waals surface area contributed by atoms with Gasteiger partial charge in [-0.05, 0) is 30.0 Å². The third-order valence-corrected chi connectivity index (χ3v) is 2.96. The van der Waals surface area contributed by atoms with Gasteiger partial charge in [0.15, 0.2) is 5.69 Å². The van der Waals surface area contributed by atoms with Gasteiger partial charge in [-0.15, -0.1) is 0 Å². The molecule has 0 bridgehead atoms. The van der Waals surface area contributed by atoms with Crippen molar-refractivity contribution in [3.8, 4) is 0 Å². The van der Waals surface area contributed by atoms with Crippen molar-refractivity contribution in [2.24, 2.45) is 0 Å². The van der Waals surface area contributed by atoms with Crippen molar-refractivity contribution in [3.05, 3.63) is 47.5 Å². The first-order chi connectivity index (χ1) is 9.08. The Hall–Kier alpha value is -2.17. The van der Waals surface area contributed by atoms with Gasteiger partial charge in [0.2, 0.25) is 0 Å². The maximum Gasteiger partial charge on any atom is 0.356 e. The van der Waals surface area contributed by atoms with Crippen molar-refractivity contribution >= 4 is 5.97 Å². The molecule has 0 saturated carbocycles. The summed E-state index contributed by atoms with van der Waals surface area (Å²) in [6.07, 6.45) is 4.34. The van der Waals surface area contributed by atoms with E-state index in [0.29, 0.717) is 6.54 Å². The average Bonchev–Trinajstić information content (AvgIpc) is 2.82. The van der Waals surface area contributed by atoms with Crippen molar-refractivity contribution in [3.63, 3.8) is 0 Å². The van der Waals surface area contributed by atoms with E-state index in [0.717, 1.165) is 17.7 Å². The lowest BCUT2D eigenvalue weighted by atomic mass is 10.1. The van der Waals surface area contributed by atoms with E-state index in [9.17, 15) is 4.79 Å². The lowest BCUT2D eigenvalue weighted by molar-refractivity contribution is 0.0689. The first-order valence-corrected chi connectivity index (χ1v) is 6.28. The van der Waals surface area contributed by atoms with Crippen molar-refractivity contribution in [2.45, 2.75) is 32.7 Å². The van der Waals surface area contributed by atoms with Crippen LogP contribution in [0.1, 0.15) is 41.5 Å². The molecule has 0 amide bonds. The highest BCUT2D eigenvalue weighted by atomic mass is 16.4. The molecule has 0 aliphatic carbocycles. The molecule has 0 spiro atoms. The summed E-state index contributed by atoms with van der Waals surface area (Å²) in [5, 5.41) is 13.1. The van der Waals surface area contributed by atoms with Crippen LogP contribution < -0.4 is 0 Å². The van der Waals surface area contributed by atoms with Crippen LogP contribution in [-0.2, 0) is 13.0 Å². The van der Waals surface area contributed by atoms with Crippen LogP contribution in [0.4, 0.5) is 0 Å². The molecule has 1 N–H and O–H groups in total. The van der Waals surface area contributed by atoms with Gasteiger partial charge < -0.3 is 5.11 Å². The van der Waals surface area contributed by atoms with E-state index < -0.39 is 5.97 Å². The Bertz CT molecular complexity index is 561. The van der Waals surface area contributed by atoms with E-state index in [1.807, 2.05) is 32.2 Å². The minimum atomic E-state index is -0.984. The van der Waals surface area contributed by atoms with Gasteiger partial charge in [0, 0.05) is 24.6 Å². The van der Waals surface area contributed by atoms with Crippen LogP contribution in [-0.4, -0.2) is 25.8 Å². The first kappa shape index (κ1) is 13.3. The average molecular weight is 259 g/mol. The second-order valence-electron chi connectivity index (χ2n) is 4.75. The number of hydrogen-bond donors (Lipinski definition) is 1. The number of carbonyl (C=O) groups is 1. The summed E-state index contributed by atoms with van der Waals surface area (Å²) in [5.74, 6) is -0.739. The summed E-state index contributed by atoms with van der Waals surface area (Å²) in [6.45, 7) is 4.72. The maximum absolute atomic E-state index is 11.0. The van der Waals surface area contributed by atoms with E-state index >= 15 is 0 Å². The third kappa shape index (κ3) is 3.19. The highest BCUT2D eigenvalue weighted by Crippen LogP contribution is 2.16. The predicted molar refractivity (Wildman–Crippen MR) is 71.2 cm³/mol. The Kier molecular flexibility index (Phi) is 3.94. The van der Waals surface area contributed by atoms with Gasteiger partial charge in [0.05, 0.1) is 0 Å². The normalized spacial score (nSPS) is 10.9. The summed E-state index contributed by atoms with van der Waals surface area (Å²) in [4.78, 5) is 15.0. The maximum atomic E-state index is 11.0. The monoisotopic (exact) mass is 259 g/mol. The smallest absolute Gasteiger partial charge is 0.356 e. The number of nitrogens with zero attached hydrogens (tertiary/aromatic N) is 3. The van der Waals surface area contributed by atoms with Gasteiger partial charge in [-0.3, -0.25) is 9.67 Å². The highest BCUT2D eigenvalue weighted by molar-refractivity contribution is 5.85. The van der Waals surface area contributed by atoms with Gasteiger partial charge in [0.1, 0.15) is 0 Å². The number of aromatic carboxylic acids is 1. The summed E-state index contributed by atoms with van der Waals surface area (Å²) < 4.78 is 1.78. The van der Waals surface area contributed by atoms with Crippen molar-refractivity contribution in [1.82, 2.24) is 14.8 Å². The zero-order valence-corrected chi connectivity index (χ0v) is 11.1. The summed E-state index contributed by atoms with van der Waals surface area (Å²) >= 11 is 0. The topological polar surface area (TPSA) is 68.0 Å². The predicted octanol–water partition coefficient (Wildman–Crippen LogP) is 2.34. The van der Waals surface area contributed by atoms with Crippen molar-refractivity contribution in [2.75, 3.05) is 0 Å². The van der Waals surface area contributed by atoms with Crippen LogP contribution in [0.3, 0.4) is 0 Å². The van der Waals surface area contributed by atoms with Crippen LogP contribution in [0.2, 0.25) is 0 Å². The van der Waals surface area contributed by atoms with E-state index in [1.54, 1.807) is 16.9 Å². The lowest BCUT2D eigenvalue weighted by Crippen LogP contribution is -2.09. The number of hydrogen-bond acceptors (Lipinski definition) is 3. The molecule has 0 radical (unpaired) electrons. The number of carboxylic acid groups (broad SMARTS) is 1. The Morgan fingerprint density at radius 3 is 2.84 bits per heavy atom. The Balaban J connectivity index is 2.17. The van der Waals surface area contributed by atoms with Crippen LogP contribution in [0.5, 0.6) is 0 Å². The third-order valence-electron chi connectivity index (χ3n) is 2.96. The minimum Gasteiger partial charge on any atom is -0.476 e. The molecule has 2 rings (SSSR count). The molecule has 2 heterocycles. The number of rotatable bonds is 5. The molecular weight excluding hydrogens is 242 g/mol. The van der Waals surface area contributed by atoms with Crippen molar-refractivity contribution in [1.29, 1.82) is 0 Å². The summed E-state index contributed by atoms with van der Waals surface area (Å²) in [7, 11) is 0. The van der Waals surface area contributed by atoms with E-state index in [-0.39, 0.29) is 11.6 Å². The minimum absolute atomic E-state index is 0.106. The van der Waals surface area contributed by atoms with Gasteiger partial charge in [-0.25, -0.2) is 4.79 Å². The molecule has 0 unspecified atom stereocenters. The fraction of sp³-hybridized carbons (Fsp3) is 0.357. The molecule has 0 aromatic carbocycles. The molecule has 100 valence electrons. The molecule has 2 aromatic heterocycles. The molecule has 19 heavy (non-hydrogen) atoms.